The average molecular weight is 444 g/mol. The Morgan fingerprint density at radius 1 is 1.03 bits per heavy atom. The maximum atomic E-state index is 10.8. The number of nitrogens with zero attached hydrogens (tertiary/aromatic N) is 1. The SMILES string of the molecule is CC(C)Cc1ccc([C@@H](C)C(=O)O)cc1.CC[C@](O)(c1cccc(O)c1)[C@H](C)CN(C)C. The summed E-state index contributed by atoms with van der Waals surface area (Å²) in [6.07, 6.45) is 1.67. The van der Waals surface area contributed by atoms with Crippen LogP contribution in [0.15, 0.2) is 48.5 Å². The lowest BCUT2D eigenvalue weighted by atomic mass is 9.80. The van der Waals surface area contributed by atoms with Gasteiger partial charge in [0, 0.05) is 12.5 Å². The van der Waals surface area contributed by atoms with Crippen LogP contribution in [0.3, 0.4) is 0 Å². The highest BCUT2D eigenvalue weighted by Crippen LogP contribution is 2.34. The van der Waals surface area contributed by atoms with Crippen molar-refractivity contribution in [3.05, 3.63) is 65.2 Å². The van der Waals surface area contributed by atoms with Gasteiger partial charge in [-0.05, 0) is 68.6 Å². The Balaban J connectivity index is 0.000000323. The molecule has 0 fully saturated rings. The topological polar surface area (TPSA) is 81.0 Å². The number of rotatable bonds is 9. The molecular weight excluding hydrogens is 402 g/mol. The van der Waals surface area contributed by atoms with E-state index in [2.05, 4.69) is 18.7 Å². The van der Waals surface area contributed by atoms with Crippen molar-refractivity contribution < 1.29 is 20.1 Å². The van der Waals surface area contributed by atoms with Crippen LogP contribution in [0, 0.1) is 11.8 Å². The quantitative estimate of drug-likeness (QED) is 0.492. The summed E-state index contributed by atoms with van der Waals surface area (Å²) >= 11 is 0. The van der Waals surface area contributed by atoms with E-state index in [4.69, 9.17) is 5.11 Å². The summed E-state index contributed by atoms with van der Waals surface area (Å²) in [5.74, 6) is -0.256. The van der Waals surface area contributed by atoms with Gasteiger partial charge in [-0.15, -0.1) is 0 Å². The van der Waals surface area contributed by atoms with E-state index in [1.807, 2.05) is 58.3 Å². The molecule has 0 radical (unpaired) electrons. The second-order valence-corrected chi connectivity index (χ2v) is 9.39. The number of aromatic hydroxyl groups is 1. The number of aliphatic hydroxyl groups is 1. The first kappa shape index (κ1) is 27.7. The van der Waals surface area contributed by atoms with E-state index < -0.39 is 17.5 Å². The van der Waals surface area contributed by atoms with Crippen LogP contribution >= 0.6 is 0 Å². The Bertz CT molecular complexity index is 832. The van der Waals surface area contributed by atoms with Crippen molar-refractivity contribution in [2.45, 2.75) is 59.0 Å². The number of hydrogen-bond acceptors (Lipinski definition) is 4. The van der Waals surface area contributed by atoms with Gasteiger partial charge in [0.25, 0.3) is 0 Å². The van der Waals surface area contributed by atoms with Crippen molar-refractivity contribution in [1.82, 2.24) is 4.90 Å². The van der Waals surface area contributed by atoms with Crippen molar-refractivity contribution in [3.63, 3.8) is 0 Å². The Morgan fingerprint density at radius 2 is 1.62 bits per heavy atom. The van der Waals surface area contributed by atoms with E-state index in [1.165, 1.54) is 5.56 Å². The Morgan fingerprint density at radius 3 is 2.06 bits per heavy atom. The van der Waals surface area contributed by atoms with Gasteiger partial charge >= 0.3 is 5.97 Å². The largest absolute Gasteiger partial charge is 0.508 e. The molecule has 0 saturated carbocycles. The van der Waals surface area contributed by atoms with Crippen LogP contribution in [0.25, 0.3) is 0 Å². The van der Waals surface area contributed by atoms with Gasteiger partial charge in [0.05, 0.1) is 11.5 Å². The van der Waals surface area contributed by atoms with Crippen LogP contribution in [0.4, 0.5) is 0 Å². The first-order valence-electron chi connectivity index (χ1n) is 11.4. The zero-order valence-corrected chi connectivity index (χ0v) is 20.7. The Kier molecular flexibility index (Phi) is 10.9. The number of hydrogen-bond donors (Lipinski definition) is 3. The molecule has 0 saturated heterocycles. The lowest BCUT2D eigenvalue weighted by molar-refractivity contribution is -0.138. The molecule has 5 nitrogen and oxygen atoms in total. The van der Waals surface area contributed by atoms with Crippen molar-refractivity contribution in [3.8, 4) is 5.75 Å². The molecule has 0 spiro atoms. The fourth-order valence-electron chi connectivity index (χ4n) is 3.87. The predicted octanol–water partition coefficient (Wildman–Crippen LogP) is 5.26. The van der Waals surface area contributed by atoms with Crippen molar-refractivity contribution in [2.24, 2.45) is 11.8 Å². The number of phenols is 1. The summed E-state index contributed by atoms with van der Waals surface area (Å²) in [5.41, 5.74) is 2.04. The number of benzene rings is 2. The van der Waals surface area contributed by atoms with E-state index in [1.54, 1.807) is 25.1 Å². The third-order valence-electron chi connectivity index (χ3n) is 5.83. The molecular formula is C27H41NO4. The highest BCUT2D eigenvalue weighted by atomic mass is 16.4. The molecule has 0 aliphatic rings. The standard InChI is InChI=1S/C14H23NO2.C13H18O2/c1-5-14(17,11(2)10-15(3)4)12-7-6-8-13(16)9-12;1-9(2)8-11-4-6-12(7-5-11)10(3)13(14)15/h6-9,11,16-17H,5,10H2,1-4H3;4-7,9-10H,8H2,1-3H3,(H,14,15)/t11-,14-;10-/m11/s1. The second-order valence-electron chi connectivity index (χ2n) is 9.39. The number of carbonyl (C=O) groups is 1. The van der Waals surface area contributed by atoms with E-state index in [0.29, 0.717) is 12.3 Å². The highest BCUT2D eigenvalue weighted by molar-refractivity contribution is 5.75. The van der Waals surface area contributed by atoms with Crippen LogP contribution in [0.5, 0.6) is 5.75 Å². The number of phenolic OH excluding ortho intramolecular Hbond substituents is 1. The van der Waals surface area contributed by atoms with Gasteiger partial charge in [-0.1, -0.05) is 64.1 Å². The first-order valence-corrected chi connectivity index (χ1v) is 11.4. The number of carboxylic acids is 1. The summed E-state index contributed by atoms with van der Waals surface area (Å²) < 4.78 is 0. The molecule has 3 atom stereocenters. The van der Waals surface area contributed by atoms with Crippen LogP contribution in [0.1, 0.15) is 63.6 Å². The summed E-state index contributed by atoms with van der Waals surface area (Å²) in [5, 5.41) is 29.2. The van der Waals surface area contributed by atoms with E-state index in [-0.39, 0.29) is 11.7 Å². The summed E-state index contributed by atoms with van der Waals surface area (Å²) in [4.78, 5) is 12.8. The zero-order chi connectivity index (χ0) is 24.5. The number of carboxylic acid groups (broad SMARTS) is 1. The fraction of sp³-hybridized carbons (Fsp3) is 0.519. The lowest BCUT2D eigenvalue weighted by Gasteiger charge is -2.35. The first-order chi connectivity index (χ1) is 14.9. The van der Waals surface area contributed by atoms with E-state index >= 15 is 0 Å². The summed E-state index contributed by atoms with van der Waals surface area (Å²) in [7, 11) is 3.99. The molecule has 0 bridgehead atoms. The molecule has 5 heteroatoms. The zero-order valence-electron chi connectivity index (χ0n) is 20.7. The van der Waals surface area contributed by atoms with Gasteiger partial charge in [-0.25, -0.2) is 0 Å². The predicted molar refractivity (Wildman–Crippen MR) is 131 cm³/mol. The van der Waals surface area contributed by atoms with Crippen LogP contribution in [-0.4, -0.2) is 46.8 Å². The van der Waals surface area contributed by atoms with Gasteiger partial charge < -0.3 is 20.2 Å². The normalized spacial score (nSPS) is 14.9. The Labute approximate surface area is 193 Å². The molecule has 2 aromatic rings. The third kappa shape index (κ3) is 8.29. The minimum absolute atomic E-state index is 0.101. The van der Waals surface area contributed by atoms with Gasteiger partial charge in [0.15, 0.2) is 0 Å². The third-order valence-corrected chi connectivity index (χ3v) is 5.83. The number of aliphatic carboxylic acids is 1. The molecule has 0 amide bonds. The molecule has 0 aliphatic carbocycles. The van der Waals surface area contributed by atoms with Crippen LogP contribution in [-0.2, 0) is 16.8 Å². The molecule has 0 aliphatic heterocycles. The van der Waals surface area contributed by atoms with Crippen LogP contribution in [0.2, 0.25) is 0 Å². The Hall–Kier alpha value is -2.37. The molecule has 0 unspecified atom stereocenters. The lowest BCUT2D eigenvalue weighted by Crippen LogP contribution is -2.38. The average Bonchev–Trinajstić information content (AvgIpc) is 2.72. The van der Waals surface area contributed by atoms with Gasteiger partial charge in [0.1, 0.15) is 5.75 Å². The maximum Gasteiger partial charge on any atom is 0.310 e. The van der Waals surface area contributed by atoms with Gasteiger partial charge in [-0.2, -0.15) is 0 Å². The van der Waals surface area contributed by atoms with Gasteiger partial charge in [-0.3, -0.25) is 4.79 Å². The molecule has 32 heavy (non-hydrogen) atoms. The minimum atomic E-state index is -0.886. The van der Waals surface area contributed by atoms with Gasteiger partial charge in [0.2, 0.25) is 0 Å². The monoisotopic (exact) mass is 443 g/mol. The minimum Gasteiger partial charge on any atom is -0.508 e. The highest BCUT2D eigenvalue weighted by Gasteiger charge is 2.34. The molecule has 2 aromatic carbocycles. The molecule has 178 valence electrons. The second kappa shape index (κ2) is 12.6. The van der Waals surface area contributed by atoms with Crippen molar-refractivity contribution in [1.29, 1.82) is 0 Å². The molecule has 3 N–H and O–H groups in total. The van der Waals surface area contributed by atoms with E-state index in [0.717, 1.165) is 24.1 Å². The molecule has 0 heterocycles. The molecule has 2 rings (SSSR count). The van der Waals surface area contributed by atoms with Crippen molar-refractivity contribution >= 4 is 5.97 Å². The van der Waals surface area contributed by atoms with Crippen LogP contribution < -0.4 is 0 Å². The van der Waals surface area contributed by atoms with Crippen molar-refractivity contribution in [2.75, 3.05) is 20.6 Å². The fourth-order valence-corrected chi connectivity index (χ4v) is 3.87. The summed E-state index contributed by atoms with van der Waals surface area (Å²) in [6.45, 7) is 10.9. The van der Waals surface area contributed by atoms with E-state index in [9.17, 15) is 15.0 Å². The molecule has 0 aromatic heterocycles. The maximum absolute atomic E-state index is 10.8. The summed E-state index contributed by atoms with van der Waals surface area (Å²) in [6, 6.07) is 14.8. The smallest absolute Gasteiger partial charge is 0.310 e.